The van der Waals surface area contributed by atoms with E-state index in [1.54, 1.807) is 0 Å². The van der Waals surface area contributed by atoms with Crippen LogP contribution in [0.25, 0.3) is 33.5 Å². The Bertz CT molecular complexity index is 1010. The van der Waals surface area contributed by atoms with Gasteiger partial charge in [-0.05, 0) is 32.7 Å². The second-order valence-corrected chi connectivity index (χ2v) is 9.45. The van der Waals surface area contributed by atoms with E-state index in [4.69, 9.17) is 0 Å². The molecule has 0 atom stereocenters. The molecule has 0 saturated carbocycles. The first-order chi connectivity index (χ1) is 13.2. The van der Waals surface area contributed by atoms with E-state index in [-0.39, 0.29) is 10.8 Å². The van der Waals surface area contributed by atoms with E-state index in [9.17, 15) is 0 Å². The molecule has 0 aliphatic rings. The summed E-state index contributed by atoms with van der Waals surface area (Å²) in [5.41, 5.74) is 4.91. The molecular weight excluding hydrogens is 344 g/mol. The Hall–Kier alpha value is -2.88. The van der Waals surface area contributed by atoms with Crippen molar-refractivity contribution in [1.82, 2.24) is 19.9 Å². The molecule has 0 amide bonds. The minimum absolute atomic E-state index is 0.00383. The van der Waals surface area contributed by atoms with Gasteiger partial charge in [0, 0.05) is 35.9 Å². The highest BCUT2D eigenvalue weighted by atomic mass is 14.9. The summed E-state index contributed by atoms with van der Waals surface area (Å²) in [6, 6.07) is 8.99. The fraction of sp³-hybridized carbons (Fsp3) is 0.333. The van der Waals surface area contributed by atoms with Gasteiger partial charge in [-0.1, -0.05) is 65.8 Å². The first-order valence-corrected chi connectivity index (χ1v) is 9.78. The van der Waals surface area contributed by atoms with Crippen molar-refractivity contribution in [2.24, 2.45) is 0 Å². The number of hydrogen-bond donors (Lipinski definition) is 2. The average Bonchev–Trinajstić information content (AvgIpc) is 3.31. The van der Waals surface area contributed by atoms with Gasteiger partial charge in [-0.3, -0.25) is 0 Å². The van der Waals surface area contributed by atoms with E-state index in [0.29, 0.717) is 0 Å². The predicted molar refractivity (Wildman–Crippen MR) is 117 cm³/mol. The lowest BCUT2D eigenvalue weighted by atomic mass is 9.78. The molecule has 0 radical (unpaired) electrons. The van der Waals surface area contributed by atoms with Crippen molar-refractivity contribution in [3.05, 3.63) is 60.2 Å². The minimum Gasteiger partial charge on any atom is -0.345 e. The van der Waals surface area contributed by atoms with Crippen LogP contribution in [0.15, 0.2) is 49.1 Å². The third kappa shape index (κ3) is 3.03. The van der Waals surface area contributed by atoms with Gasteiger partial charge < -0.3 is 9.97 Å². The van der Waals surface area contributed by atoms with Gasteiger partial charge in [0.1, 0.15) is 11.6 Å². The molecule has 4 nitrogen and oxygen atoms in total. The summed E-state index contributed by atoms with van der Waals surface area (Å²) in [5, 5.41) is 2.39. The molecule has 0 aliphatic carbocycles. The van der Waals surface area contributed by atoms with Crippen LogP contribution in [0.5, 0.6) is 0 Å². The Morgan fingerprint density at radius 1 is 0.607 bits per heavy atom. The lowest BCUT2D eigenvalue weighted by molar-refractivity contribution is 0.590. The van der Waals surface area contributed by atoms with Gasteiger partial charge in [0.05, 0.1) is 0 Å². The number of aromatic amines is 2. The van der Waals surface area contributed by atoms with Crippen LogP contribution in [0.1, 0.15) is 52.7 Å². The molecule has 0 unspecified atom stereocenters. The summed E-state index contributed by atoms with van der Waals surface area (Å²) >= 11 is 0. The number of nitrogens with one attached hydrogen (secondary N) is 2. The van der Waals surface area contributed by atoms with E-state index in [1.807, 2.05) is 24.8 Å². The summed E-state index contributed by atoms with van der Waals surface area (Å²) in [6.45, 7) is 13.5. The normalized spacial score (nSPS) is 12.6. The van der Waals surface area contributed by atoms with Gasteiger partial charge in [-0.2, -0.15) is 0 Å². The summed E-state index contributed by atoms with van der Waals surface area (Å²) < 4.78 is 0. The van der Waals surface area contributed by atoms with Gasteiger partial charge in [0.15, 0.2) is 0 Å². The predicted octanol–water partition coefficient (Wildman–Crippen LogP) is 6.22. The maximum atomic E-state index is 4.60. The van der Waals surface area contributed by atoms with Gasteiger partial charge in [0.2, 0.25) is 0 Å². The highest BCUT2D eigenvalue weighted by Crippen LogP contribution is 2.43. The molecule has 2 N–H and O–H groups in total. The minimum atomic E-state index is 0.00383. The molecule has 144 valence electrons. The Morgan fingerprint density at radius 3 is 1.29 bits per heavy atom. The van der Waals surface area contributed by atoms with E-state index < -0.39 is 0 Å². The van der Waals surface area contributed by atoms with Crippen LogP contribution in [0.3, 0.4) is 0 Å². The molecular formula is C24H28N4. The van der Waals surface area contributed by atoms with Gasteiger partial charge in [-0.25, -0.2) is 9.97 Å². The van der Waals surface area contributed by atoms with E-state index in [0.717, 1.165) is 11.6 Å². The number of nitrogens with zero attached hydrogens (tertiary/aromatic N) is 2. The zero-order valence-corrected chi connectivity index (χ0v) is 17.5. The zero-order chi connectivity index (χ0) is 20.1. The standard InChI is InChI=1S/C24H28N4/c1-23(2,3)17-9-7-16-15(19(17)21-25-11-12-26-21)8-10-18(24(4,5)6)20(16)22-27-13-14-28-22/h7-14H,1-6H3,(H,25,26)(H,27,28). The molecule has 4 aromatic rings. The fourth-order valence-corrected chi connectivity index (χ4v) is 3.97. The number of aromatic nitrogens is 4. The number of imidazole rings is 2. The maximum Gasteiger partial charge on any atom is 0.138 e. The fourth-order valence-electron chi connectivity index (χ4n) is 3.97. The average molecular weight is 373 g/mol. The third-order valence-corrected chi connectivity index (χ3v) is 5.29. The molecule has 28 heavy (non-hydrogen) atoms. The second-order valence-electron chi connectivity index (χ2n) is 9.45. The number of hydrogen-bond acceptors (Lipinski definition) is 2. The van der Waals surface area contributed by atoms with E-state index in [1.165, 1.54) is 33.0 Å². The smallest absolute Gasteiger partial charge is 0.138 e. The molecule has 2 heterocycles. The largest absolute Gasteiger partial charge is 0.345 e. The highest BCUT2D eigenvalue weighted by Gasteiger charge is 2.26. The van der Waals surface area contributed by atoms with Crippen LogP contribution in [-0.4, -0.2) is 19.9 Å². The number of rotatable bonds is 2. The Morgan fingerprint density at radius 2 is 1.00 bits per heavy atom. The van der Waals surface area contributed by atoms with Crippen LogP contribution >= 0.6 is 0 Å². The SMILES string of the molecule is CC(C)(C)c1ccc2c(-c3ncc[nH]3)c(C(C)(C)C)ccc2c1-c1ncc[nH]1. The highest BCUT2D eigenvalue weighted by molar-refractivity contribution is 6.05. The molecule has 2 aromatic heterocycles. The Labute approximate surface area is 166 Å². The third-order valence-electron chi connectivity index (χ3n) is 5.29. The number of H-pyrrole nitrogens is 2. The zero-order valence-electron chi connectivity index (χ0n) is 17.5. The van der Waals surface area contributed by atoms with Crippen molar-refractivity contribution < 1.29 is 0 Å². The monoisotopic (exact) mass is 372 g/mol. The molecule has 0 aliphatic heterocycles. The lowest BCUT2D eigenvalue weighted by Gasteiger charge is -2.27. The van der Waals surface area contributed by atoms with Crippen LogP contribution in [0.4, 0.5) is 0 Å². The Kier molecular flexibility index (Phi) is 4.18. The van der Waals surface area contributed by atoms with Gasteiger partial charge in [-0.15, -0.1) is 0 Å². The van der Waals surface area contributed by atoms with Crippen molar-refractivity contribution in [2.75, 3.05) is 0 Å². The maximum absolute atomic E-state index is 4.60. The van der Waals surface area contributed by atoms with Crippen molar-refractivity contribution in [3.63, 3.8) is 0 Å². The van der Waals surface area contributed by atoms with Crippen LogP contribution in [0, 0.1) is 0 Å². The van der Waals surface area contributed by atoms with E-state index in [2.05, 4.69) is 85.7 Å². The van der Waals surface area contributed by atoms with Crippen molar-refractivity contribution in [2.45, 2.75) is 52.4 Å². The molecule has 0 bridgehead atoms. The van der Waals surface area contributed by atoms with Crippen molar-refractivity contribution in [3.8, 4) is 22.8 Å². The topological polar surface area (TPSA) is 57.4 Å². The molecule has 0 saturated heterocycles. The molecule has 0 fully saturated rings. The van der Waals surface area contributed by atoms with Crippen LogP contribution < -0.4 is 0 Å². The first-order valence-electron chi connectivity index (χ1n) is 9.78. The van der Waals surface area contributed by atoms with Gasteiger partial charge in [0.25, 0.3) is 0 Å². The van der Waals surface area contributed by atoms with Gasteiger partial charge >= 0.3 is 0 Å². The molecule has 4 heteroatoms. The van der Waals surface area contributed by atoms with Crippen molar-refractivity contribution in [1.29, 1.82) is 0 Å². The summed E-state index contributed by atoms with van der Waals surface area (Å²) in [5.74, 6) is 1.81. The van der Waals surface area contributed by atoms with Crippen molar-refractivity contribution >= 4 is 10.8 Å². The molecule has 4 rings (SSSR count). The quantitative estimate of drug-likeness (QED) is 0.439. The first kappa shape index (κ1) is 18.5. The second kappa shape index (κ2) is 6.33. The number of fused-ring (bicyclic) bond motifs is 1. The Balaban J connectivity index is 2.16. The van der Waals surface area contributed by atoms with Crippen LogP contribution in [0.2, 0.25) is 0 Å². The molecule has 2 aromatic carbocycles. The summed E-state index contributed by atoms with van der Waals surface area (Å²) in [4.78, 5) is 15.8. The van der Waals surface area contributed by atoms with E-state index >= 15 is 0 Å². The summed E-state index contributed by atoms with van der Waals surface area (Å²) in [7, 11) is 0. The van der Waals surface area contributed by atoms with Crippen LogP contribution in [-0.2, 0) is 10.8 Å². The lowest BCUT2D eigenvalue weighted by Crippen LogP contribution is -2.15. The molecule has 0 spiro atoms. The number of benzene rings is 2. The summed E-state index contributed by atoms with van der Waals surface area (Å²) in [6.07, 6.45) is 7.41.